The highest BCUT2D eigenvalue weighted by molar-refractivity contribution is 8.14. The van der Waals surface area contributed by atoms with E-state index in [0.29, 0.717) is 6.04 Å². The van der Waals surface area contributed by atoms with Gasteiger partial charge in [-0.3, -0.25) is 9.98 Å². The molecule has 0 N–H and O–H groups in total. The number of aromatic nitrogens is 2. The summed E-state index contributed by atoms with van der Waals surface area (Å²) < 4.78 is 7.80. The standard InChI is InChI=1S/C25H28N4OS/c1-5-18-15-31-25-27-23(22-11-6-7-12-26-22)24(29(18)25)21-13-16(2)28(17(21)3)19-9-8-10-20(14-19)30-4/h6-14,18,23-24H,5,15H2,1-4H3/t18-,23-,24-/m1/s1. The van der Waals surface area contributed by atoms with Gasteiger partial charge in [-0.2, -0.15) is 0 Å². The van der Waals surface area contributed by atoms with Gasteiger partial charge in [-0.05, 0) is 56.2 Å². The summed E-state index contributed by atoms with van der Waals surface area (Å²) in [4.78, 5) is 12.4. The minimum Gasteiger partial charge on any atom is -0.497 e. The second kappa shape index (κ2) is 8.08. The zero-order valence-electron chi connectivity index (χ0n) is 18.4. The summed E-state index contributed by atoms with van der Waals surface area (Å²) in [6.45, 7) is 6.68. The smallest absolute Gasteiger partial charge is 0.160 e. The van der Waals surface area contributed by atoms with Crippen LogP contribution in [0.3, 0.4) is 0 Å². The number of nitrogens with zero attached hydrogens (tertiary/aromatic N) is 4. The Balaban J connectivity index is 1.63. The van der Waals surface area contributed by atoms with Gasteiger partial charge in [0.05, 0.1) is 18.8 Å². The number of pyridine rings is 1. The topological polar surface area (TPSA) is 42.6 Å². The minimum atomic E-state index is 0.0114. The molecular weight excluding hydrogens is 404 g/mol. The summed E-state index contributed by atoms with van der Waals surface area (Å²) in [7, 11) is 1.71. The van der Waals surface area contributed by atoms with Crippen LogP contribution in [0.2, 0.25) is 0 Å². The molecule has 2 aromatic heterocycles. The van der Waals surface area contributed by atoms with E-state index in [4.69, 9.17) is 9.73 Å². The van der Waals surface area contributed by atoms with Gasteiger partial charge in [-0.15, -0.1) is 0 Å². The van der Waals surface area contributed by atoms with E-state index < -0.39 is 0 Å². The first-order valence-electron chi connectivity index (χ1n) is 10.9. The fourth-order valence-electron chi connectivity index (χ4n) is 4.92. The molecule has 160 valence electrons. The molecule has 0 radical (unpaired) electrons. The van der Waals surface area contributed by atoms with Crippen LogP contribution in [0, 0.1) is 13.8 Å². The highest BCUT2D eigenvalue weighted by Gasteiger charge is 2.46. The Bertz CT molecular complexity index is 1120. The molecule has 0 amide bonds. The molecule has 0 bridgehead atoms. The van der Waals surface area contributed by atoms with Crippen molar-refractivity contribution in [1.82, 2.24) is 14.5 Å². The van der Waals surface area contributed by atoms with E-state index in [1.807, 2.05) is 36.2 Å². The van der Waals surface area contributed by atoms with Crippen LogP contribution in [0.5, 0.6) is 5.75 Å². The number of amidine groups is 1. The lowest BCUT2D eigenvalue weighted by Gasteiger charge is -2.32. The third-order valence-electron chi connectivity index (χ3n) is 6.43. The lowest BCUT2D eigenvalue weighted by Crippen LogP contribution is -2.35. The lowest BCUT2D eigenvalue weighted by molar-refractivity contribution is 0.254. The fraction of sp³-hybridized carbons (Fsp3) is 0.360. The molecule has 5 rings (SSSR count). The largest absolute Gasteiger partial charge is 0.497 e. The quantitative estimate of drug-likeness (QED) is 0.536. The Morgan fingerprint density at radius 3 is 2.74 bits per heavy atom. The van der Waals surface area contributed by atoms with Crippen molar-refractivity contribution in [2.24, 2.45) is 4.99 Å². The monoisotopic (exact) mass is 432 g/mol. The maximum absolute atomic E-state index is 5.47. The zero-order valence-corrected chi connectivity index (χ0v) is 19.3. The molecule has 3 atom stereocenters. The number of hydrogen-bond donors (Lipinski definition) is 0. The Labute approximate surface area is 188 Å². The molecule has 0 spiro atoms. The van der Waals surface area contributed by atoms with Crippen LogP contribution in [-0.2, 0) is 0 Å². The lowest BCUT2D eigenvalue weighted by atomic mass is 9.95. The van der Waals surface area contributed by atoms with E-state index in [0.717, 1.165) is 29.3 Å². The van der Waals surface area contributed by atoms with Crippen molar-refractivity contribution < 1.29 is 4.74 Å². The molecule has 1 fully saturated rings. The predicted molar refractivity (Wildman–Crippen MR) is 127 cm³/mol. The van der Waals surface area contributed by atoms with Crippen molar-refractivity contribution in [2.45, 2.75) is 45.3 Å². The van der Waals surface area contributed by atoms with Crippen molar-refractivity contribution in [1.29, 1.82) is 0 Å². The Hall–Kier alpha value is -2.73. The van der Waals surface area contributed by atoms with Crippen LogP contribution < -0.4 is 4.74 Å². The molecule has 6 heteroatoms. The molecule has 2 aliphatic rings. The van der Waals surface area contributed by atoms with Crippen molar-refractivity contribution in [3.05, 3.63) is 77.4 Å². The summed E-state index contributed by atoms with van der Waals surface area (Å²) in [5.74, 6) is 1.97. The molecular formula is C25H28N4OS. The maximum Gasteiger partial charge on any atom is 0.160 e. The van der Waals surface area contributed by atoms with Crippen molar-refractivity contribution in [3.8, 4) is 11.4 Å². The maximum atomic E-state index is 5.47. The van der Waals surface area contributed by atoms with Gasteiger partial charge in [0, 0.05) is 41.1 Å². The number of hydrogen-bond acceptors (Lipinski definition) is 5. The second-order valence-corrected chi connectivity index (χ2v) is 9.19. The SMILES string of the molecule is CC[C@@H]1CSC2=N[C@H](c3ccccn3)[C@@H](c3cc(C)n(-c4cccc(OC)c4)c3C)N21. The first-order valence-corrected chi connectivity index (χ1v) is 11.8. The Morgan fingerprint density at radius 1 is 1.13 bits per heavy atom. The number of aryl methyl sites for hydroxylation is 1. The van der Waals surface area contributed by atoms with Gasteiger partial charge >= 0.3 is 0 Å². The predicted octanol–water partition coefficient (Wildman–Crippen LogP) is 5.48. The minimum absolute atomic E-state index is 0.0114. The van der Waals surface area contributed by atoms with Gasteiger partial charge in [-0.1, -0.05) is 30.8 Å². The molecule has 5 nitrogen and oxygen atoms in total. The number of ether oxygens (including phenoxy) is 1. The van der Waals surface area contributed by atoms with Gasteiger partial charge in [0.1, 0.15) is 11.8 Å². The Morgan fingerprint density at radius 2 is 2.00 bits per heavy atom. The summed E-state index contributed by atoms with van der Waals surface area (Å²) >= 11 is 1.89. The van der Waals surface area contributed by atoms with E-state index in [9.17, 15) is 0 Å². The number of benzene rings is 1. The average molecular weight is 433 g/mol. The normalized spacial score (nSPS) is 22.5. The number of thioether (sulfide) groups is 1. The third-order valence-corrected chi connectivity index (χ3v) is 7.56. The van der Waals surface area contributed by atoms with Crippen LogP contribution in [-0.4, -0.2) is 38.5 Å². The molecule has 0 saturated carbocycles. The second-order valence-electron chi connectivity index (χ2n) is 8.20. The number of aliphatic imine (C=N–C) groups is 1. The van der Waals surface area contributed by atoms with E-state index in [-0.39, 0.29) is 12.1 Å². The van der Waals surface area contributed by atoms with Crippen LogP contribution in [0.25, 0.3) is 5.69 Å². The summed E-state index contributed by atoms with van der Waals surface area (Å²) in [6.07, 6.45) is 2.99. The number of fused-ring (bicyclic) bond motifs is 1. The van der Waals surface area contributed by atoms with Gasteiger partial charge in [0.2, 0.25) is 0 Å². The van der Waals surface area contributed by atoms with E-state index in [2.05, 4.69) is 65.6 Å². The first kappa shape index (κ1) is 20.2. The number of methoxy groups -OCH3 is 1. The van der Waals surface area contributed by atoms with Crippen LogP contribution in [0.15, 0.2) is 59.7 Å². The molecule has 4 heterocycles. The van der Waals surface area contributed by atoms with E-state index in [1.54, 1.807) is 7.11 Å². The van der Waals surface area contributed by atoms with Crippen molar-refractivity contribution >= 4 is 16.9 Å². The van der Waals surface area contributed by atoms with Crippen molar-refractivity contribution in [3.63, 3.8) is 0 Å². The third kappa shape index (κ3) is 3.33. The van der Waals surface area contributed by atoms with Crippen LogP contribution in [0.4, 0.5) is 0 Å². The van der Waals surface area contributed by atoms with Gasteiger partial charge in [-0.25, -0.2) is 0 Å². The fourth-order valence-corrected chi connectivity index (χ4v) is 6.26. The molecule has 1 aromatic carbocycles. The summed E-state index contributed by atoms with van der Waals surface area (Å²) in [5, 5.41) is 1.17. The molecule has 2 aliphatic heterocycles. The van der Waals surface area contributed by atoms with E-state index in [1.165, 1.54) is 22.1 Å². The van der Waals surface area contributed by atoms with Gasteiger partial charge in [0.15, 0.2) is 5.17 Å². The molecule has 0 unspecified atom stereocenters. The van der Waals surface area contributed by atoms with Crippen molar-refractivity contribution in [2.75, 3.05) is 12.9 Å². The molecule has 0 aliphatic carbocycles. The average Bonchev–Trinajstić information content (AvgIpc) is 3.45. The highest BCUT2D eigenvalue weighted by Crippen LogP contribution is 2.49. The molecule has 1 saturated heterocycles. The van der Waals surface area contributed by atoms with Crippen LogP contribution in [0.1, 0.15) is 48.1 Å². The summed E-state index contributed by atoms with van der Waals surface area (Å²) in [5.41, 5.74) is 5.96. The van der Waals surface area contributed by atoms with Crippen LogP contribution >= 0.6 is 11.8 Å². The molecule has 3 aromatic rings. The zero-order chi connectivity index (χ0) is 21.5. The first-order chi connectivity index (χ1) is 15.1. The Kier molecular flexibility index (Phi) is 5.26. The highest BCUT2D eigenvalue weighted by atomic mass is 32.2. The number of rotatable bonds is 5. The van der Waals surface area contributed by atoms with Gasteiger partial charge < -0.3 is 14.2 Å². The van der Waals surface area contributed by atoms with E-state index >= 15 is 0 Å². The summed E-state index contributed by atoms with van der Waals surface area (Å²) in [6, 6.07) is 17.4. The van der Waals surface area contributed by atoms with Gasteiger partial charge in [0.25, 0.3) is 0 Å². The molecule has 31 heavy (non-hydrogen) atoms.